The molecule has 0 fully saturated rings. The highest BCUT2D eigenvalue weighted by Crippen LogP contribution is 2.24. The van der Waals surface area contributed by atoms with E-state index in [2.05, 4.69) is 32.4 Å². The first-order valence-electron chi connectivity index (χ1n) is 9.55. The molecule has 6 nitrogen and oxygen atoms in total. The largest absolute Gasteiger partial charge is 0.497 e. The van der Waals surface area contributed by atoms with Crippen LogP contribution in [0.25, 0.3) is 27.8 Å². The third-order valence-corrected chi connectivity index (χ3v) is 4.90. The van der Waals surface area contributed by atoms with E-state index in [-0.39, 0.29) is 0 Å². The van der Waals surface area contributed by atoms with Crippen LogP contribution in [-0.2, 0) is 0 Å². The Morgan fingerprint density at radius 2 is 1.57 bits per heavy atom. The van der Waals surface area contributed by atoms with E-state index in [1.165, 1.54) is 0 Å². The van der Waals surface area contributed by atoms with Gasteiger partial charge in [0.05, 0.1) is 7.11 Å². The highest BCUT2D eigenvalue weighted by molar-refractivity contribution is 5.84. The number of hydrogen-bond acceptors (Lipinski definition) is 5. The van der Waals surface area contributed by atoms with E-state index in [1.54, 1.807) is 25.7 Å². The van der Waals surface area contributed by atoms with E-state index in [9.17, 15) is 0 Å². The molecule has 0 amide bonds. The third-order valence-electron chi connectivity index (χ3n) is 4.90. The zero-order valence-corrected chi connectivity index (χ0v) is 16.4. The van der Waals surface area contributed by atoms with Crippen molar-refractivity contribution in [1.82, 2.24) is 19.5 Å². The van der Waals surface area contributed by atoms with Gasteiger partial charge in [0, 0.05) is 47.4 Å². The maximum Gasteiger partial charge on any atom is 0.235 e. The molecule has 0 aliphatic rings. The maximum absolute atomic E-state index is 5.31. The fourth-order valence-corrected chi connectivity index (χ4v) is 3.34. The van der Waals surface area contributed by atoms with Gasteiger partial charge in [-0.25, -0.2) is 4.98 Å². The van der Waals surface area contributed by atoms with Gasteiger partial charge in [0.15, 0.2) is 0 Å². The Kier molecular flexibility index (Phi) is 4.57. The molecule has 2 aromatic carbocycles. The zero-order valence-electron chi connectivity index (χ0n) is 16.4. The summed E-state index contributed by atoms with van der Waals surface area (Å²) < 4.78 is 7.22. The number of rotatable bonds is 5. The van der Waals surface area contributed by atoms with E-state index < -0.39 is 0 Å². The molecule has 0 radical (unpaired) electrons. The quantitative estimate of drug-likeness (QED) is 0.443. The minimum atomic E-state index is 0.601. The second-order valence-corrected chi connectivity index (χ2v) is 6.84. The standard InChI is InChI=1S/C24H19N5O/c1-30-22-7-4-19-15-29(16-20(19)14-22)24-26-13-10-23(28-24)27-21-5-2-17(3-6-21)18-8-11-25-12-9-18/h2-16H,1H3,(H,26,27,28). The van der Waals surface area contributed by atoms with Crippen molar-refractivity contribution >= 4 is 22.3 Å². The van der Waals surface area contributed by atoms with Crippen LogP contribution in [0.15, 0.2) is 91.6 Å². The molecule has 0 spiro atoms. The molecule has 3 aromatic heterocycles. The fraction of sp³-hybridized carbons (Fsp3) is 0.0417. The summed E-state index contributed by atoms with van der Waals surface area (Å²) in [6.07, 6.45) is 9.36. The van der Waals surface area contributed by atoms with Crippen LogP contribution in [0.4, 0.5) is 11.5 Å². The minimum Gasteiger partial charge on any atom is -0.497 e. The van der Waals surface area contributed by atoms with Gasteiger partial charge in [0.1, 0.15) is 11.6 Å². The van der Waals surface area contributed by atoms with Gasteiger partial charge in [0.25, 0.3) is 0 Å². The summed E-state index contributed by atoms with van der Waals surface area (Å²) in [5.74, 6) is 2.15. The van der Waals surface area contributed by atoms with Crippen molar-refractivity contribution in [2.75, 3.05) is 12.4 Å². The molecule has 0 saturated heterocycles. The SMILES string of the molecule is COc1ccc2cn(-c3nccc(Nc4ccc(-c5ccncc5)cc4)n3)cc2c1. The number of nitrogens with zero attached hydrogens (tertiary/aromatic N) is 4. The lowest BCUT2D eigenvalue weighted by molar-refractivity contribution is 0.415. The van der Waals surface area contributed by atoms with Crippen molar-refractivity contribution in [2.45, 2.75) is 0 Å². The number of nitrogens with one attached hydrogen (secondary N) is 1. The molecule has 0 atom stereocenters. The van der Waals surface area contributed by atoms with E-state index in [1.807, 2.05) is 65.5 Å². The van der Waals surface area contributed by atoms with Crippen molar-refractivity contribution in [3.8, 4) is 22.8 Å². The normalized spacial score (nSPS) is 10.8. The van der Waals surface area contributed by atoms with Gasteiger partial charge < -0.3 is 10.1 Å². The number of ether oxygens (including phenoxy) is 1. The number of anilines is 2. The first-order valence-corrected chi connectivity index (χ1v) is 9.55. The van der Waals surface area contributed by atoms with Crippen LogP contribution < -0.4 is 10.1 Å². The molecule has 0 unspecified atom stereocenters. The summed E-state index contributed by atoms with van der Waals surface area (Å²) >= 11 is 0. The van der Waals surface area contributed by atoms with Gasteiger partial charge in [-0.2, -0.15) is 4.98 Å². The van der Waals surface area contributed by atoms with Crippen LogP contribution >= 0.6 is 0 Å². The summed E-state index contributed by atoms with van der Waals surface area (Å²) in [6.45, 7) is 0. The number of fused-ring (bicyclic) bond motifs is 1. The Balaban J connectivity index is 1.39. The summed E-state index contributed by atoms with van der Waals surface area (Å²) in [6, 6.07) is 20.0. The van der Waals surface area contributed by atoms with Gasteiger partial charge in [-0.3, -0.25) is 9.55 Å². The van der Waals surface area contributed by atoms with Crippen LogP contribution in [0.3, 0.4) is 0 Å². The van der Waals surface area contributed by atoms with Gasteiger partial charge in [-0.1, -0.05) is 12.1 Å². The molecule has 6 heteroatoms. The molecule has 146 valence electrons. The van der Waals surface area contributed by atoms with E-state index in [4.69, 9.17) is 4.74 Å². The Morgan fingerprint density at radius 3 is 2.37 bits per heavy atom. The Morgan fingerprint density at radius 1 is 0.800 bits per heavy atom. The Bertz CT molecular complexity index is 1300. The van der Waals surface area contributed by atoms with Crippen molar-refractivity contribution in [3.05, 3.63) is 91.6 Å². The number of hydrogen-bond donors (Lipinski definition) is 1. The molecular weight excluding hydrogens is 374 g/mol. The molecule has 5 rings (SSSR count). The van der Waals surface area contributed by atoms with Crippen molar-refractivity contribution < 1.29 is 4.74 Å². The van der Waals surface area contributed by atoms with Crippen LogP contribution in [0.2, 0.25) is 0 Å². The van der Waals surface area contributed by atoms with Crippen molar-refractivity contribution in [1.29, 1.82) is 0 Å². The second-order valence-electron chi connectivity index (χ2n) is 6.84. The molecule has 3 heterocycles. The lowest BCUT2D eigenvalue weighted by Crippen LogP contribution is -2.01. The maximum atomic E-state index is 5.31. The summed E-state index contributed by atoms with van der Waals surface area (Å²) in [7, 11) is 1.67. The van der Waals surface area contributed by atoms with Crippen LogP contribution in [0, 0.1) is 0 Å². The molecule has 0 bridgehead atoms. The molecule has 0 saturated carbocycles. The average Bonchev–Trinajstić information content (AvgIpc) is 3.24. The zero-order chi connectivity index (χ0) is 20.3. The summed E-state index contributed by atoms with van der Waals surface area (Å²) in [4.78, 5) is 13.1. The van der Waals surface area contributed by atoms with Gasteiger partial charge in [-0.05, 0) is 59.7 Å². The molecule has 30 heavy (non-hydrogen) atoms. The minimum absolute atomic E-state index is 0.601. The van der Waals surface area contributed by atoms with E-state index in [0.717, 1.165) is 39.2 Å². The average molecular weight is 393 g/mol. The number of pyridine rings is 1. The van der Waals surface area contributed by atoms with Crippen LogP contribution in [0.5, 0.6) is 5.75 Å². The highest BCUT2D eigenvalue weighted by Gasteiger charge is 2.06. The smallest absolute Gasteiger partial charge is 0.235 e. The molecule has 1 N–H and O–H groups in total. The monoisotopic (exact) mass is 393 g/mol. The predicted octanol–water partition coefficient (Wildman–Crippen LogP) is 5.23. The highest BCUT2D eigenvalue weighted by atomic mass is 16.5. The van der Waals surface area contributed by atoms with Crippen LogP contribution in [-0.4, -0.2) is 26.6 Å². The van der Waals surface area contributed by atoms with Crippen LogP contribution in [0.1, 0.15) is 0 Å². The summed E-state index contributed by atoms with van der Waals surface area (Å²) in [5.41, 5.74) is 3.23. The van der Waals surface area contributed by atoms with Gasteiger partial charge in [-0.15, -0.1) is 0 Å². The number of benzene rings is 2. The first-order chi connectivity index (χ1) is 14.8. The lowest BCUT2D eigenvalue weighted by atomic mass is 10.1. The first kappa shape index (κ1) is 17.9. The second kappa shape index (κ2) is 7.67. The fourth-order valence-electron chi connectivity index (χ4n) is 3.34. The number of aromatic nitrogens is 4. The van der Waals surface area contributed by atoms with E-state index >= 15 is 0 Å². The van der Waals surface area contributed by atoms with Gasteiger partial charge in [0.2, 0.25) is 5.95 Å². The number of methoxy groups -OCH3 is 1. The molecule has 0 aliphatic carbocycles. The predicted molar refractivity (Wildman–Crippen MR) is 118 cm³/mol. The Labute approximate surface area is 173 Å². The van der Waals surface area contributed by atoms with Crippen molar-refractivity contribution in [2.24, 2.45) is 0 Å². The van der Waals surface area contributed by atoms with E-state index in [0.29, 0.717) is 5.95 Å². The van der Waals surface area contributed by atoms with Gasteiger partial charge >= 0.3 is 0 Å². The Hall–Kier alpha value is -4.19. The molecule has 0 aliphatic heterocycles. The molecule has 5 aromatic rings. The topological polar surface area (TPSA) is 64.9 Å². The third kappa shape index (κ3) is 3.58. The lowest BCUT2D eigenvalue weighted by Gasteiger charge is -2.08. The molecular formula is C24H19N5O. The van der Waals surface area contributed by atoms with Crippen molar-refractivity contribution in [3.63, 3.8) is 0 Å². The summed E-state index contributed by atoms with van der Waals surface area (Å²) in [5, 5.41) is 5.52.